The average molecular weight is 643 g/mol. The van der Waals surface area contributed by atoms with Crippen LogP contribution >= 0.6 is 0 Å². The third kappa shape index (κ3) is 8.24. The molecule has 1 atom stereocenters. The fourth-order valence-corrected chi connectivity index (χ4v) is 6.70. The Bertz CT molecular complexity index is 1620. The van der Waals surface area contributed by atoms with Gasteiger partial charge in [0.05, 0.1) is 33.1 Å². The number of piperidine rings is 1. The van der Waals surface area contributed by atoms with Crippen molar-refractivity contribution in [1.82, 2.24) is 15.5 Å². The van der Waals surface area contributed by atoms with E-state index in [4.69, 9.17) is 14.2 Å². The van der Waals surface area contributed by atoms with Crippen LogP contribution in [-0.2, 0) is 22.6 Å². The molecule has 2 aliphatic rings. The van der Waals surface area contributed by atoms with Crippen molar-refractivity contribution < 1.29 is 23.8 Å². The number of nitrogens with one attached hydrogen (secondary N) is 3. The number of carbonyl (C=O) groups is 2. The molecule has 3 aromatic rings. The molecule has 2 amide bonds. The number of amides is 2. The largest absolute Gasteiger partial charge is 0.493 e. The normalized spacial score (nSPS) is 16.2. The third-order valence-electron chi connectivity index (χ3n) is 9.01. The molecule has 10 nitrogen and oxygen atoms in total. The van der Waals surface area contributed by atoms with Crippen LogP contribution in [0.1, 0.15) is 61.8 Å². The highest BCUT2D eigenvalue weighted by molar-refractivity contribution is 5.84. The lowest BCUT2D eigenvalue weighted by Gasteiger charge is -2.32. The van der Waals surface area contributed by atoms with Gasteiger partial charge in [0.15, 0.2) is 11.5 Å². The summed E-state index contributed by atoms with van der Waals surface area (Å²) in [5.74, 6) is 1.37. The maximum Gasteiger partial charge on any atom is 0.220 e. The van der Waals surface area contributed by atoms with Gasteiger partial charge in [0, 0.05) is 51.1 Å². The lowest BCUT2D eigenvalue weighted by atomic mass is 9.95. The number of hydrogen-bond donors (Lipinski definition) is 3. The maximum absolute atomic E-state index is 13.5. The van der Waals surface area contributed by atoms with Gasteiger partial charge in [-0.1, -0.05) is 36.4 Å². The van der Waals surface area contributed by atoms with Crippen LogP contribution in [0.5, 0.6) is 17.2 Å². The highest BCUT2D eigenvalue weighted by atomic mass is 16.5. The molecule has 5 rings (SSSR count). The highest BCUT2D eigenvalue weighted by Gasteiger charge is 2.29. The summed E-state index contributed by atoms with van der Waals surface area (Å²) < 4.78 is 17.1. The number of anilines is 1. The van der Waals surface area contributed by atoms with E-state index >= 15 is 0 Å². The Morgan fingerprint density at radius 2 is 1.64 bits per heavy atom. The van der Waals surface area contributed by atoms with Gasteiger partial charge >= 0.3 is 0 Å². The van der Waals surface area contributed by atoms with Gasteiger partial charge < -0.3 is 30.2 Å². The Morgan fingerprint density at radius 1 is 0.894 bits per heavy atom. The van der Waals surface area contributed by atoms with Crippen LogP contribution < -0.4 is 35.6 Å². The molecule has 1 aliphatic heterocycles. The molecule has 250 valence electrons. The van der Waals surface area contributed by atoms with Gasteiger partial charge in [-0.15, -0.1) is 0 Å². The Labute approximate surface area is 276 Å². The van der Waals surface area contributed by atoms with E-state index in [2.05, 4.69) is 45.1 Å². The minimum Gasteiger partial charge on any atom is -0.493 e. The van der Waals surface area contributed by atoms with Gasteiger partial charge in [-0.2, -0.15) is 0 Å². The Morgan fingerprint density at radius 3 is 2.32 bits per heavy atom. The fourth-order valence-electron chi connectivity index (χ4n) is 6.70. The molecule has 1 unspecified atom stereocenters. The van der Waals surface area contributed by atoms with Crippen LogP contribution in [0, 0.1) is 0 Å². The minimum atomic E-state index is -0.376. The molecule has 0 aromatic heterocycles. The first-order valence-corrected chi connectivity index (χ1v) is 16.4. The van der Waals surface area contributed by atoms with Gasteiger partial charge in [-0.05, 0) is 72.6 Å². The summed E-state index contributed by atoms with van der Waals surface area (Å²) in [7, 11) is 4.72. The summed E-state index contributed by atoms with van der Waals surface area (Å²) in [5, 5.41) is 9.48. The summed E-state index contributed by atoms with van der Waals surface area (Å²) in [4.78, 5) is 40.9. The van der Waals surface area contributed by atoms with Crippen LogP contribution in [0.25, 0.3) is 11.1 Å². The number of hydrogen-bond acceptors (Lipinski definition) is 8. The van der Waals surface area contributed by atoms with Crippen molar-refractivity contribution in [2.75, 3.05) is 46.3 Å². The second-order valence-corrected chi connectivity index (χ2v) is 12.2. The van der Waals surface area contributed by atoms with Crippen molar-refractivity contribution >= 4 is 17.5 Å². The van der Waals surface area contributed by atoms with Crippen molar-refractivity contribution in [3.05, 3.63) is 81.5 Å². The second kappa shape index (κ2) is 15.8. The molecule has 1 aliphatic carbocycles. The zero-order valence-electron chi connectivity index (χ0n) is 27.8. The quantitative estimate of drug-likeness (QED) is 0.241. The van der Waals surface area contributed by atoms with E-state index in [1.165, 1.54) is 12.5 Å². The summed E-state index contributed by atoms with van der Waals surface area (Å²) in [6.45, 7) is 4.80. The predicted molar refractivity (Wildman–Crippen MR) is 183 cm³/mol. The topological polar surface area (TPSA) is 118 Å². The first-order valence-electron chi connectivity index (χ1n) is 16.4. The lowest BCUT2D eigenvalue weighted by Crippen LogP contribution is -2.44. The Hall–Kier alpha value is -4.57. The van der Waals surface area contributed by atoms with E-state index in [0.29, 0.717) is 60.7 Å². The highest BCUT2D eigenvalue weighted by Crippen LogP contribution is 2.50. The number of fused-ring (bicyclic) bond motifs is 3. The van der Waals surface area contributed by atoms with Crippen LogP contribution in [0.15, 0.2) is 59.4 Å². The molecule has 0 saturated carbocycles. The predicted octanol–water partition coefficient (Wildman–Crippen LogP) is 4.84. The van der Waals surface area contributed by atoms with Gasteiger partial charge in [-0.25, -0.2) is 0 Å². The minimum absolute atomic E-state index is 0.0345. The van der Waals surface area contributed by atoms with E-state index in [9.17, 15) is 14.4 Å². The van der Waals surface area contributed by atoms with E-state index in [0.717, 1.165) is 49.2 Å². The number of benzene rings is 2. The molecule has 0 bridgehead atoms. The van der Waals surface area contributed by atoms with Crippen LogP contribution in [0.3, 0.4) is 0 Å². The fraction of sp³-hybridized carbons (Fsp3) is 0.432. The number of likely N-dealkylation sites (tertiary alicyclic amines) is 1. The summed E-state index contributed by atoms with van der Waals surface area (Å²) in [6, 6.07) is 17.5. The van der Waals surface area contributed by atoms with Crippen LogP contribution in [-0.4, -0.2) is 63.7 Å². The average Bonchev–Trinajstić information content (AvgIpc) is 3.31. The first kappa shape index (κ1) is 33.8. The monoisotopic (exact) mass is 642 g/mol. The molecule has 1 heterocycles. The van der Waals surface area contributed by atoms with Crippen molar-refractivity contribution in [1.29, 1.82) is 0 Å². The Balaban J connectivity index is 1.25. The van der Waals surface area contributed by atoms with Gasteiger partial charge in [0.1, 0.15) is 0 Å². The van der Waals surface area contributed by atoms with E-state index in [1.54, 1.807) is 33.5 Å². The van der Waals surface area contributed by atoms with E-state index < -0.39 is 0 Å². The van der Waals surface area contributed by atoms with Crippen LogP contribution in [0.2, 0.25) is 0 Å². The lowest BCUT2D eigenvalue weighted by molar-refractivity contribution is -0.122. The molecule has 10 heteroatoms. The van der Waals surface area contributed by atoms with Crippen LogP contribution in [0.4, 0.5) is 5.69 Å². The molecule has 1 saturated heterocycles. The number of nitrogens with zero attached hydrogens (tertiary/aromatic N) is 1. The standard InChI is InChI=1S/C37H46N4O6/c1-24(42)39-30-14-12-26-21-33(45-2)36(46-3)37(47-4)35(26)28-13-15-31(32(43)22-29(28)30)38-18-8-11-34(44)40-27-16-19-41(20-17-27)23-25-9-6-5-7-10-25/h5-7,9-10,13,15,21-22,27,30H,8,11-12,14,16-20,23H2,1-4H3,(H,38,43)(H,39,42)(H,40,44). The molecule has 47 heavy (non-hydrogen) atoms. The zero-order chi connectivity index (χ0) is 33.3. The van der Waals surface area contributed by atoms with Crippen molar-refractivity contribution in [2.45, 2.75) is 64.1 Å². The smallest absolute Gasteiger partial charge is 0.220 e. The number of ether oxygens (including phenoxy) is 3. The summed E-state index contributed by atoms with van der Waals surface area (Å²) in [5.41, 5.74) is 4.78. The van der Waals surface area contributed by atoms with Crippen molar-refractivity contribution in [2.24, 2.45) is 0 Å². The van der Waals surface area contributed by atoms with Gasteiger partial charge in [0.2, 0.25) is 23.0 Å². The number of aryl methyl sites for hydroxylation is 1. The number of carbonyl (C=O) groups excluding carboxylic acids is 2. The summed E-state index contributed by atoms with van der Waals surface area (Å²) >= 11 is 0. The molecule has 1 fully saturated rings. The number of methoxy groups -OCH3 is 3. The van der Waals surface area contributed by atoms with Crippen molar-refractivity contribution in [3.8, 4) is 28.4 Å². The molecule has 0 radical (unpaired) electrons. The second-order valence-electron chi connectivity index (χ2n) is 12.2. The summed E-state index contributed by atoms with van der Waals surface area (Å²) in [6.07, 6.45) is 4.05. The molecule has 3 N–H and O–H groups in total. The molecular weight excluding hydrogens is 596 g/mol. The maximum atomic E-state index is 13.5. The molecule has 3 aromatic carbocycles. The SMILES string of the molecule is COc1cc2c(c(OC)c1OC)-c1ccc(NCCCC(=O)NC3CCN(Cc4ccccc4)CC3)c(=O)cc1C(NC(C)=O)CC2. The van der Waals surface area contributed by atoms with Gasteiger partial charge in [0.25, 0.3) is 0 Å². The molecule has 0 spiro atoms. The van der Waals surface area contributed by atoms with Gasteiger partial charge in [-0.3, -0.25) is 19.3 Å². The third-order valence-corrected chi connectivity index (χ3v) is 9.01. The Kier molecular flexibility index (Phi) is 11.4. The van der Waals surface area contributed by atoms with E-state index in [-0.39, 0.29) is 29.3 Å². The van der Waals surface area contributed by atoms with E-state index in [1.807, 2.05) is 18.2 Å². The molecular formula is C37H46N4O6. The van der Waals surface area contributed by atoms with Crippen molar-refractivity contribution in [3.63, 3.8) is 0 Å². The first-order chi connectivity index (χ1) is 22.8. The zero-order valence-corrected chi connectivity index (χ0v) is 27.8. The number of rotatable bonds is 12.